The Bertz CT molecular complexity index is 1610. The van der Waals surface area contributed by atoms with E-state index in [-0.39, 0.29) is 24.1 Å². The van der Waals surface area contributed by atoms with Crippen LogP contribution in [0.1, 0.15) is 63.3 Å². The summed E-state index contributed by atoms with van der Waals surface area (Å²) in [5, 5.41) is 0.486. The molecule has 44 heavy (non-hydrogen) atoms. The second-order valence-electron chi connectivity index (χ2n) is 11.4. The van der Waals surface area contributed by atoms with Crippen LogP contribution >= 0.6 is 23.2 Å². The summed E-state index contributed by atoms with van der Waals surface area (Å²) in [5.74, 6) is -1.18. The molecule has 0 spiro atoms. The van der Waals surface area contributed by atoms with Gasteiger partial charge in [-0.2, -0.15) is 0 Å². The van der Waals surface area contributed by atoms with Crippen LogP contribution in [0, 0.1) is 11.7 Å². The average Bonchev–Trinajstić information content (AvgIpc) is 3.86. The van der Waals surface area contributed by atoms with Crippen molar-refractivity contribution in [3.63, 3.8) is 0 Å². The Morgan fingerprint density at radius 1 is 1.02 bits per heavy atom. The van der Waals surface area contributed by atoms with Crippen LogP contribution in [0.4, 0.5) is 10.1 Å². The molecule has 0 aromatic heterocycles. The minimum absolute atomic E-state index is 0.0215. The summed E-state index contributed by atoms with van der Waals surface area (Å²) in [7, 11) is -3.88. The Kier molecular flexibility index (Phi) is 10.0. The van der Waals surface area contributed by atoms with Gasteiger partial charge in [-0.15, -0.1) is 0 Å². The molecule has 5 atom stereocenters. The zero-order chi connectivity index (χ0) is 31.6. The van der Waals surface area contributed by atoms with E-state index in [1.807, 2.05) is 63.3 Å². The molecule has 0 bridgehead atoms. The highest BCUT2D eigenvalue weighted by Crippen LogP contribution is 2.46. The lowest BCUT2D eigenvalue weighted by Gasteiger charge is -2.49. The minimum Gasteiger partial charge on any atom is -0.357 e. The minimum atomic E-state index is -3.88. The fourth-order valence-corrected chi connectivity index (χ4v) is 8.18. The molecule has 1 saturated carbocycles. The van der Waals surface area contributed by atoms with Gasteiger partial charge in [0.25, 0.3) is 5.91 Å². The number of sulfonamides is 1. The van der Waals surface area contributed by atoms with E-state index >= 15 is 4.39 Å². The Morgan fingerprint density at radius 3 is 2.34 bits per heavy atom. The van der Waals surface area contributed by atoms with E-state index in [9.17, 15) is 13.2 Å². The molecule has 5 rings (SSSR count). The van der Waals surface area contributed by atoms with Crippen molar-refractivity contribution in [3.05, 3.63) is 112 Å². The standard InChI is InChI=1S/C34H37Cl2FN2O4S/c1-4-9-22(3)32-34(40)39(27(5-2)21-38(44(41,42)28-18-19-28)30-13-7-6-12-29(30)37)31(23-14-16-25(35)17-15-23)33(43-32)24-10-8-11-26(36)20-24/h4,6-17,20,22,27-28,31-33H,5,18-19,21H2,1-3H3/b9-4+/t22-,27+,31-,32-,33-/m1/s1. The number of hydrogen-bond acceptors (Lipinski definition) is 4. The summed E-state index contributed by atoms with van der Waals surface area (Å²) in [6.45, 7) is 5.60. The van der Waals surface area contributed by atoms with Crippen molar-refractivity contribution in [1.82, 2.24) is 4.90 Å². The number of nitrogens with zero attached hydrogens (tertiary/aromatic N) is 2. The van der Waals surface area contributed by atoms with E-state index in [0.717, 1.165) is 11.1 Å². The molecule has 1 aliphatic heterocycles. The first-order chi connectivity index (χ1) is 21.1. The summed E-state index contributed by atoms with van der Waals surface area (Å²) in [6, 6.07) is 19.2. The van der Waals surface area contributed by atoms with Crippen LogP contribution in [0.5, 0.6) is 0 Å². The van der Waals surface area contributed by atoms with Gasteiger partial charge in [0.05, 0.1) is 29.6 Å². The third-order valence-corrected chi connectivity index (χ3v) is 11.1. The number of ether oxygens (including phenoxy) is 1. The third-order valence-electron chi connectivity index (χ3n) is 8.35. The molecule has 0 unspecified atom stereocenters. The number of morpholine rings is 1. The normalized spacial score (nSPS) is 22.3. The number of halogens is 3. The first-order valence-corrected chi connectivity index (χ1v) is 17.2. The maximum Gasteiger partial charge on any atom is 0.253 e. The first kappa shape index (κ1) is 32.5. The molecule has 6 nitrogen and oxygen atoms in total. The quantitative estimate of drug-likeness (QED) is 0.195. The largest absolute Gasteiger partial charge is 0.357 e. The molecule has 3 aromatic carbocycles. The number of carbonyl (C=O) groups excluding carboxylic acids is 1. The average molecular weight is 660 g/mol. The molecule has 2 fully saturated rings. The van der Waals surface area contributed by atoms with Gasteiger partial charge in [0.2, 0.25) is 10.0 Å². The van der Waals surface area contributed by atoms with Crippen LogP contribution in [0.2, 0.25) is 10.0 Å². The topological polar surface area (TPSA) is 66.9 Å². The molecule has 10 heteroatoms. The van der Waals surface area contributed by atoms with Gasteiger partial charge in [0.1, 0.15) is 18.0 Å². The molecule has 1 aliphatic carbocycles. The van der Waals surface area contributed by atoms with Gasteiger partial charge in [-0.3, -0.25) is 9.10 Å². The smallest absolute Gasteiger partial charge is 0.253 e. The molecule has 1 heterocycles. The maximum absolute atomic E-state index is 15.2. The summed E-state index contributed by atoms with van der Waals surface area (Å²) in [6.07, 6.45) is 3.76. The lowest BCUT2D eigenvalue weighted by atomic mass is 9.88. The molecule has 1 amide bonds. The highest BCUT2D eigenvalue weighted by molar-refractivity contribution is 7.93. The lowest BCUT2D eigenvalue weighted by molar-refractivity contribution is -0.183. The highest BCUT2D eigenvalue weighted by Gasteiger charge is 2.49. The number of rotatable bonds is 11. The van der Waals surface area contributed by atoms with Crippen molar-refractivity contribution in [1.29, 1.82) is 0 Å². The number of para-hydroxylation sites is 1. The number of hydrogen-bond donors (Lipinski definition) is 0. The second kappa shape index (κ2) is 13.6. The number of carbonyl (C=O) groups is 1. The van der Waals surface area contributed by atoms with E-state index in [2.05, 4.69) is 0 Å². The van der Waals surface area contributed by atoms with Gasteiger partial charge in [0, 0.05) is 16.0 Å². The van der Waals surface area contributed by atoms with E-state index in [0.29, 0.717) is 29.3 Å². The van der Waals surface area contributed by atoms with Crippen LogP contribution in [0.3, 0.4) is 0 Å². The number of allylic oxidation sites excluding steroid dienone is 1. The highest BCUT2D eigenvalue weighted by atomic mass is 35.5. The Hall–Kier alpha value is -2.91. The van der Waals surface area contributed by atoms with E-state index in [1.165, 1.54) is 22.5 Å². The first-order valence-electron chi connectivity index (χ1n) is 14.9. The molecular weight excluding hydrogens is 622 g/mol. The van der Waals surface area contributed by atoms with Crippen molar-refractivity contribution in [2.75, 3.05) is 10.8 Å². The van der Waals surface area contributed by atoms with Crippen molar-refractivity contribution < 1.29 is 22.3 Å². The number of amides is 1. The van der Waals surface area contributed by atoms with Crippen LogP contribution in [0.25, 0.3) is 0 Å². The van der Waals surface area contributed by atoms with Gasteiger partial charge in [-0.05, 0) is 73.7 Å². The Morgan fingerprint density at radius 2 is 1.73 bits per heavy atom. The fourth-order valence-electron chi connectivity index (χ4n) is 5.96. The fraction of sp³-hybridized carbons (Fsp3) is 0.382. The molecule has 2 aliphatic rings. The Balaban J connectivity index is 1.67. The molecule has 1 saturated heterocycles. The van der Waals surface area contributed by atoms with Crippen LogP contribution in [-0.4, -0.2) is 43.2 Å². The molecule has 234 valence electrons. The summed E-state index contributed by atoms with van der Waals surface area (Å²) >= 11 is 12.7. The lowest BCUT2D eigenvalue weighted by Crippen LogP contribution is -2.59. The number of benzene rings is 3. The number of anilines is 1. The molecule has 3 aromatic rings. The summed E-state index contributed by atoms with van der Waals surface area (Å²) in [4.78, 5) is 16.4. The van der Waals surface area contributed by atoms with Gasteiger partial charge in [0.15, 0.2) is 0 Å². The summed E-state index contributed by atoms with van der Waals surface area (Å²) in [5.41, 5.74) is 1.52. The predicted molar refractivity (Wildman–Crippen MR) is 174 cm³/mol. The van der Waals surface area contributed by atoms with Crippen LogP contribution < -0.4 is 4.31 Å². The van der Waals surface area contributed by atoms with Gasteiger partial charge in [-0.25, -0.2) is 12.8 Å². The zero-order valence-corrected chi connectivity index (χ0v) is 27.3. The van der Waals surface area contributed by atoms with Gasteiger partial charge < -0.3 is 9.64 Å². The van der Waals surface area contributed by atoms with Crippen molar-refractivity contribution in [3.8, 4) is 0 Å². The van der Waals surface area contributed by atoms with Crippen molar-refractivity contribution >= 4 is 44.8 Å². The van der Waals surface area contributed by atoms with E-state index in [1.54, 1.807) is 29.2 Å². The van der Waals surface area contributed by atoms with Gasteiger partial charge in [-0.1, -0.05) is 85.6 Å². The van der Waals surface area contributed by atoms with Crippen molar-refractivity contribution in [2.24, 2.45) is 5.92 Å². The van der Waals surface area contributed by atoms with Crippen LogP contribution in [0.15, 0.2) is 84.9 Å². The van der Waals surface area contributed by atoms with E-state index < -0.39 is 45.4 Å². The maximum atomic E-state index is 15.2. The predicted octanol–water partition coefficient (Wildman–Crippen LogP) is 8.13. The third kappa shape index (κ3) is 6.69. The van der Waals surface area contributed by atoms with Crippen LogP contribution in [-0.2, 0) is 19.6 Å². The second-order valence-corrected chi connectivity index (χ2v) is 14.5. The monoisotopic (exact) mass is 658 g/mol. The molecule has 0 radical (unpaired) electrons. The molecule has 0 N–H and O–H groups in total. The van der Waals surface area contributed by atoms with Crippen molar-refractivity contribution in [2.45, 2.75) is 69.6 Å². The molecular formula is C34H37Cl2FN2O4S. The Labute approximate surface area is 269 Å². The van der Waals surface area contributed by atoms with Gasteiger partial charge >= 0.3 is 0 Å². The van der Waals surface area contributed by atoms with E-state index in [4.69, 9.17) is 27.9 Å². The summed E-state index contributed by atoms with van der Waals surface area (Å²) < 4.78 is 50.7. The zero-order valence-electron chi connectivity index (χ0n) is 24.9. The SMILES string of the molecule is C/C=C/[C@@H](C)[C@H]1O[C@H](c2cccc(Cl)c2)[C@@H](c2ccc(Cl)cc2)N([C@@H](CC)CN(c2ccccc2F)S(=O)(=O)C2CC2)C1=O.